The molecule has 8 heteroatoms. The number of carbonyl (C=O) groups is 1. The monoisotopic (exact) mass is 411 g/mol. The zero-order chi connectivity index (χ0) is 20.4. The molecular formula is C21H21N3O4S. The van der Waals surface area contributed by atoms with E-state index < -0.39 is 5.97 Å². The molecule has 2 aliphatic rings. The number of hydrogen-bond donors (Lipinski definition) is 2. The van der Waals surface area contributed by atoms with Gasteiger partial charge in [0, 0.05) is 35.3 Å². The molecule has 0 amide bonds. The van der Waals surface area contributed by atoms with Gasteiger partial charge >= 0.3 is 5.97 Å². The Bertz CT molecular complexity index is 1020. The molecule has 2 N–H and O–H groups in total. The Kier molecular flexibility index (Phi) is 5.44. The molecule has 0 aromatic carbocycles. The molecule has 4 rings (SSSR count). The van der Waals surface area contributed by atoms with Gasteiger partial charge in [-0.25, -0.2) is 14.8 Å². The molecule has 0 fully saturated rings. The molecule has 7 nitrogen and oxygen atoms in total. The number of ether oxygens (including phenoxy) is 1. The summed E-state index contributed by atoms with van der Waals surface area (Å²) in [5.74, 6) is 0.492. The van der Waals surface area contributed by atoms with Gasteiger partial charge in [0.25, 0.3) is 0 Å². The highest BCUT2D eigenvalue weighted by atomic mass is 32.2. The van der Waals surface area contributed by atoms with Crippen LogP contribution in [-0.4, -0.2) is 40.7 Å². The van der Waals surface area contributed by atoms with Gasteiger partial charge in [-0.2, -0.15) is 0 Å². The number of hydrogen-bond acceptors (Lipinski definition) is 8. The van der Waals surface area contributed by atoms with Gasteiger partial charge < -0.3 is 19.6 Å². The van der Waals surface area contributed by atoms with Crippen molar-refractivity contribution in [3.05, 3.63) is 46.7 Å². The molecule has 0 bridgehead atoms. The van der Waals surface area contributed by atoms with Crippen LogP contribution in [0.25, 0.3) is 11.6 Å². The molecule has 2 aliphatic heterocycles. The summed E-state index contributed by atoms with van der Waals surface area (Å²) in [6.45, 7) is 4.63. The van der Waals surface area contributed by atoms with Crippen molar-refractivity contribution in [2.45, 2.75) is 19.1 Å². The van der Waals surface area contributed by atoms with E-state index in [4.69, 9.17) is 9.15 Å². The smallest absolute Gasteiger partial charge is 0.347 e. The Morgan fingerprint density at radius 3 is 3.10 bits per heavy atom. The number of nitrogens with zero attached hydrogens (tertiary/aromatic N) is 2. The van der Waals surface area contributed by atoms with Gasteiger partial charge in [0.15, 0.2) is 22.9 Å². The van der Waals surface area contributed by atoms with Crippen LogP contribution in [0.1, 0.15) is 35.5 Å². The zero-order valence-electron chi connectivity index (χ0n) is 16.1. The maximum Gasteiger partial charge on any atom is 0.347 e. The number of esters is 1. The number of aliphatic imine (C=N–C) groups is 1. The molecule has 2 unspecified atom stereocenters. The van der Waals surface area contributed by atoms with Crippen molar-refractivity contribution >= 4 is 47.3 Å². The maximum absolute atomic E-state index is 12.4. The second-order valence-corrected chi connectivity index (χ2v) is 7.86. The average Bonchev–Trinajstić information content (AvgIpc) is 3.39. The topological polar surface area (TPSA) is 97.0 Å². The fraction of sp³-hybridized carbons (Fsp3) is 0.286. The lowest BCUT2D eigenvalue weighted by atomic mass is 10.1. The molecule has 0 saturated heterocycles. The van der Waals surface area contributed by atoms with Gasteiger partial charge in [0.1, 0.15) is 0 Å². The fourth-order valence-corrected chi connectivity index (χ4v) is 4.24. The summed E-state index contributed by atoms with van der Waals surface area (Å²) in [7, 11) is 0. The van der Waals surface area contributed by atoms with Crippen molar-refractivity contribution in [3.63, 3.8) is 0 Å². The summed E-state index contributed by atoms with van der Waals surface area (Å²) in [6.07, 6.45) is 7.11. The lowest BCUT2D eigenvalue weighted by molar-refractivity contribution is 0.0524. The van der Waals surface area contributed by atoms with Gasteiger partial charge in [-0.05, 0) is 36.5 Å². The number of aromatic nitrogens is 1. The van der Waals surface area contributed by atoms with Crippen molar-refractivity contribution in [2.24, 2.45) is 10.9 Å². The van der Waals surface area contributed by atoms with Crippen LogP contribution in [0, 0.1) is 5.92 Å². The molecule has 0 spiro atoms. The van der Waals surface area contributed by atoms with Crippen molar-refractivity contribution in [2.75, 3.05) is 18.5 Å². The summed E-state index contributed by atoms with van der Waals surface area (Å²) in [5.41, 5.74) is 1.57. The van der Waals surface area contributed by atoms with E-state index in [1.165, 1.54) is 0 Å². The van der Waals surface area contributed by atoms with E-state index in [9.17, 15) is 9.90 Å². The Balaban J connectivity index is 1.65. The molecule has 150 valence electrons. The van der Waals surface area contributed by atoms with Crippen molar-refractivity contribution in [3.8, 4) is 5.75 Å². The normalized spacial score (nSPS) is 21.0. The van der Waals surface area contributed by atoms with Crippen LogP contribution >= 0.6 is 11.8 Å². The number of rotatable bonds is 6. The SMILES string of the molecule is CCOC(=O)c1c(NCC2SC=CC2C)oc(C=C2C=Nc3ncccc32)c1O. The largest absolute Gasteiger partial charge is 0.504 e. The molecule has 2 atom stereocenters. The predicted molar refractivity (Wildman–Crippen MR) is 115 cm³/mol. The summed E-state index contributed by atoms with van der Waals surface area (Å²) in [5, 5.41) is 16.3. The third-order valence-corrected chi connectivity index (χ3v) is 6.04. The Hall–Kier alpha value is -3.00. The number of pyridine rings is 1. The van der Waals surface area contributed by atoms with Crippen molar-refractivity contribution < 1.29 is 19.1 Å². The third kappa shape index (κ3) is 3.80. The van der Waals surface area contributed by atoms with Gasteiger partial charge in [-0.1, -0.05) is 13.0 Å². The van der Waals surface area contributed by atoms with E-state index >= 15 is 0 Å². The highest BCUT2D eigenvalue weighted by Gasteiger charge is 2.28. The number of allylic oxidation sites excluding steroid dienone is 2. The quantitative estimate of drug-likeness (QED) is 0.676. The van der Waals surface area contributed by atoms with Crippen LogP contribution in [0.5, 0.6) is 5.75 Å². The lowest BCUT2D eigenvalue weighted by Gasteiger charge is -2.15. The number of carbonyl (C=O) groups excluding carboxylic acids is 1. The Labute approximate surface area is 172 Å². The van der Waals surface area contributed by atoms with Crippen LogP contribution in [0.4, 0.5) is 11.7 Å². The van der Waals surface area contributed by atoms with E-state index in [-0.39, 0.29) is 29.6 Å². The first-order valence-electron chi connectivity index (χ1n) is 9.38. The molecule has 2 aromatic heterocycles. The standard InChI is InChI=1S/C21H21N3O4S/c1-3-27-21(26)17-18(25)15(9-13-10-23-19-14(13)5-4-7-22-19)28-20(17)24-11-16-12(2)6-8-29-16/h4-10,12,16,24-25H,3,11H2,1-2H3. The predicted octanol–water partition coefficient (Wildman–Crippen LogP) is 4.49. The van der Waals surface area contributed by atoms with Crippen molar-refractivity contribution in [1.29, 1.82) is 0 Å². The second kappa shape index (κ2) is 8.16. The number of anilines is 1. The van der Waals surface area contributed by atoms with E-state index in [0.717, 1.165) is 11.1 Å². The van der Waals surface area contributed by atoms with E-state index in [1.807, 2.05) is 12.1 Å². The minimum absolute atomic E-state index is 0.00338. The van der Waals surface area contributed by atoms with E-state index in [1.54, 1.807) is 37.2 Å². The Morgan fingerprint density at radius 2 is 2.34 bits per heavy atom. The second-order valence-electron chi connectivity index (χ2n) is 6.72. The molecule has 29 heavy (non-hydrogen) atoms. The van der Waals surface area contributed by atoms with E-state index in [0.29, 0.717) is 23.5 Å². The summed E-state index contributed by atoms with van der Waals surface area (Å²) >= 11 is 1.72. The maximum atomic E-state index is 12.4. The number of furan rings is 1. The van der Waals surface area contributed by atoms with Crippen LogP contribution in [0.3, 0.4) is 0 Å². The third-order valence-electron chi connectivity index (χ3n) is 4.78. The average molecular weight is 411 g/mol. The zero-order valence-corrected chi connectivity index (χ0v) is 16.9. The molecule has 0 aliphatic carbocycles. The van der Waals surface area contributed by atoms with Gasteiger partial charge in [-0.15, -0.1) is 11.8 Å². The molecular weight excluding hydrogens is 390 g/mol. The van der Waals surface area contributed by atoms with Gasteiger partial charge in [-0.3, -0.25) is 0 Å². The molecule has 0 radical (unpaired) electrons. The summed E-state index contributed by atoms with van der Waals surface area (Å²) < 4.78 is 10.9. The first-order valence-corrected chi connectivity index (χ1v) is 10.3. The van der Waals surface area contributed by atoms with Crippen LogP contribution in [-0.2, 0) is 4.74 Å². The fourth-order valence-electron chi connectivity index (χ4n) is 3.18. The lowest BCUT2D eigenvalue weighted by Crippen LogP contribution is -2.20. The number of nitrogens with one attached hydrogen (secondary N) is 1. The molecule has 0 saturated carbocycles. The molecule has 4 heterocycles. The van der Waals surface area contributed by atoms with Crippen LogP contribution < -0.4 is 5.32 Å². The molecule has 2 aromatic rings. The minimum atomic E-state index is -0.631. The van der Waals surface area contributed by atoms with Gasteiger partial charge in [0.05, 0.1) is 6.61 Å². The highest BCUT2D eigenvalue weighted by Crippen LogP contribution is 2.39. The minimum Gasteiger partial charge on any atom is -0.504 e. The summed E-state index contributed by atoms with van der Waals surface area (Å²) in [4.78, 5) is 20.9. The van der Waals surface area contributed by atoms with Gasteiger partial charge in [0.2, 0.25) is 5.88 Å². The Morgan fingerprint density at radius 1 is 1.48 bits per heavy atom. The first kappa shape index (κ1) is 19.3. The first-order chi connectivity index (χ1) is 14.1. The van der Waals surface area contributed by atoms with E-state index in [2.05, 4.69) is 33.7 Å². The highest BCUT2D eigenvalue weighted by molar-refractivity contribution is 8.03. The van der Waals surface area contributed by atoms with Crippen LogP contribution in [0.2, 0.25) is 0 Å². The number of thioether (sulfide) groups is 1. The van der Waals surface area contributed by atoms with Crippen LogP contribution in [0.15, 0.2) is 39.2 Å². The summed E-state index contributed by atoms with van der Waals surface area (Å²) in [6, 6.07) is 3.70. The van der Waals surface area contributed by atoms with Crippen molar-refractivity contribution in [1.82, 2.24) is 4.98 Å². The number of aromatic hydroxyl groups is 1. The number of fused-ring (bicyclic) bond motifs is 1.